The summed E-state index contributed by atoms with van der Waals surface area (Å²) in [6, 6.07) is 0. The Kier molecular flexibility index (Phi) is 3.59. The Labute approximate surface area is 102 Å². The van der Waals surface area contributed by atoms with E-state index in [0.717, 1.165) is 24.2 Å². The second kappa shape index (κ2) is 5.15. The van der Waals surface area contributed by atoms with Crippen molar-refractivity contribution in [1.29, 1.82) is 0 Å². The summed E-state index contributed by atoms with van der Waals surface area (Å²) in [6.07, 6.45) is 18.7. The molecule has 0 nitrogen and oxygen atoms in total. The quantitative estimate of drug-likeness (QED) is 0.563. The second-order valence-corrected chi connectivity index (χ2v) is 6.71. The van der Waals surface area contributed by atoms with Gasteiger partial charge in [-0.3, -0.25) is 0 Å². The van der Waals surface area contributed by atoms with Crippen molar-refractivity contribution in [2.75, 3.05) is 0 Å². The third kappa shape index (κ3) is 2.20. The van der Waals surface area contributed by atoms with E-state index in [9.17, 15) is 0 Å². The lowest BCUT2D eigenvalue weighted by molar-refractivity contribution is 0.709. The third-order valence-electron chi connectivity index (χ3n) is 5.83. The van der Waals surface area contributed by atoms with Crippen LogP contribution in [0.4, 0.5) is 0 Å². The van der Waals surface area contributed by atoms with Crippen molar-refractivity contribution in [1.82, 2.24) is 0 Å². The molecule has 0 aromatic carbocycles. The normalized spacial score (nSPS) is 29.8. The lowest BCUT2D eigenvalue weighted by Crippen LogP contribution is -2.29. The van der Waals surface area contributed by atoms with Crippen molar-refractivity contribution < 1.29 is 0 Å². The highest BCUT2D eigenvalue weighted by molar-refractivity contribution is 6.63. The van der Waals surface area contributed by atoms with Crippen LogP contribution >= 0.6 is 0 Å². The van der Waals surface area contributed by atoms with Crippen LogP contribution < -0.4 is 0 Å². The fraction of sp³-hybridized carbons (Fsp3) is 1.00. The molecule has 0 aromatic rings. The Balaban J connectivity index is 1.70. The molecule has 0 saturated heterocycles. The molecule has 3 saturated carbocycles. The number of hydrogen-bond acceptors (Lipinski definition) is 0. The number of hydrogen-bond donors (Lipinski definition) is 0. The molecule has 0 N–H and O–H groups in total. The van der Waals surface area contributed by atoms with Crippen molar-refractivity contribution >= 4 is 6.71 Å². The molecular weight excluding hydrogens is 191 g/mol. The fourth-order valence-electron chi connectivity index (χ4n) is 5.18. The topological polar surface area (TPSA) is 0 Å². The van der Waals surface area contributed by atoms with Gasteiger partial charge in [0.05, 0.1) is 0 Å². The fourth-order valence-corrected chi connectivity index (χ4v) is 5.18. The molecule has 3 aliphatic rings. The second-order valence-electron chi connectivity index (χ2n) is 6.71. The molecule has 0 spiro atoms. The van der Waals surface area contributed by atoms with Crippen LogP contribution in [0.5, 0.6) is 0 Å². The smallest absolute Gasteiger partial charge is 0.0563 e. The zero-order chi connectivity index (χ0) is 10.8. The van der Waals surface area contributed by atoms with Gasteiger partial charge < -0.3 is 0 Å². The summed E-state index contributed by atoms with van der Waals surface area (Å²) in [5.74, 6) is 3.43. The molecule has 0 aromatic heterocycles. The first-order valence-corrected chi connectivity index (χ1v) is 7.95. The zero-order valence-corrected chi connectivity index (χ0v) is 10.8. The standard InChI is InChI=1S/C15H27B/c1-2-8-13(7-1)16(14-9-3-4-10-14)15-11-5-6-12-15/h13-15H,1-12H2/q-1. The molecular formula is C15H27B-. The Morgan fingerprint density at radius 2 is 0.688 bits per heavy atom. The van der Waals surface area contributed by atoms with Crippen LogP contribution in [0.15, 0.2) is 0 Å². The molecule has 0 aliphatic heterocycles. The van der Waals surface area contributed by atoms with Crippen molar-refractivity contribution in [2.45, 2.75) is 94.5 Å². The van der Waals surface area contributed by atoms with Gasteiger partial charge in [-0.25, -0.2) is 0 Å². The van der Waals surface area contributed by atoms with Gasteiger partial charge in [-0.2, -0.15) is 17.5 Å². The number of rotatable bonds is 3. The molecule has 0 amide bonds. The zero-order valence-electron chi connectivity index (χ0n) is 10.8. The summed E-state index contributed by atoms with van der Waals surface area (Å²) in [5, 5.41) is 0. The van der Waals surface area contributed by atoms with E-state index in [4.69, 9.17) is 0 Å². The van der Waals surface area contributed by atoms with Gasteiger partial charge in [0.15, 0.2) is 0 Å². The highest BCUT2D eigenvalue weighted by atomic mass is 14.3. The summed E-state index contributed by atoms with van der Waals surface area (Å²) < 4.78 is 0. The molecule has 0 heterocycles. The highest BCUT2D eigenvalue weighted by Gasteiger charge is 2.29. The van der Waals surface area contributed by atoms with Crippen LogP contribution in [0.2, 0.25) is 17.5 Å². The van der Waals surface area contributed by atoms with Gasteiger partial charge in [0.1, 0.15) is 0 Å². The van der Waals surface area contributed by atoms with E-state index in [0.29, 0.717) is 0 Å². The largest absolute Gasteiger partial charge is 0.196 e. The maximum atomic E-state index is 1.58. The molecule has 91 valence electrons. The van der Waals surface area contributed by atoms with Crippen molar-refractivity contribution in [3.05, 3.63) is 0 Å². The highest BCUT2D eigenvalue weighted by Crippen LogP contribution is 2.51. The average Bonchev–Trinajstić information content (AvgIpc) is 3.02. The Morgan fingerprint density at radius 3 is 0.938 bits per heavy atom. The maximum Gasteiger partial charge on any atom is -0.0563 e. The molecule has 1 radical (unpaired) electrons. The van der Waals surface area contributed by atoms with E-state index in [1.807, 2.05) is 0 Å². The van der Waals surface area contributed by atoms with Crippen LogP contribution in [0.3, 0.4) is 0 Å². The molecule has 1 heteroatoms. The molecule has 0 unspecified atom stereocenters. The third-order valence-corrected chi connectivity index (χ3v) is 5.83. The summed E-state index contributed by atoms with van der Waals surface area (Å²) in [6.45, 7) is 1.16. The first kappa shape index (κ1) is 11.2. The molecule has 0 atom stereocenters. The van der Waals surface area contributed by atoms with E-state index in [1.54, 1.807) is 77.0 Å². The predicted molar refractivity (Wildman–Crippen MR) is 72.4 cm³/mol. The van der Waals surface area contributed by atoms with Gasteiger partial charge in [-0.05, 0) is 0 Å². The van der Waals surface area contributed by atoms with Gasteiger partial charge >= 0.3 is 0 Å². The van der Waals surface area contributed by atoms with E-state index in [1.165, 1.54) is 0 Å². The minimum Gasteiger partial charge on any atom is -0.196 e. The molecule has 0 bridgehead atoms. The predicted octanol–water partition coefficient (Wildman–Crippen LogP) is 5.31. The van der Waals surface area contributed by atoms with E-state index in [2.05, 4.69) is 0 Å². The van der Waals surface area contributed by atoms with E-state index in [-0.39, 0.29) is 0 Å². The Morgan fingerprint density at radius 1 is 0.438 bits per heavy atom. The average molecular weight is 218 g/mol. The van der Waals surface area contributed by atoms with Gasteiger partial charge in [0.25, 0.3) is 0 Å². The first-order chi connectivity index (χ1) is 7.95. The minimum absolute atomic E-state index is 1.14. The van der Waals surface area contributed by atoms with Crippen molar-refractivity contribution in [2.24, 2.45) is 0 Å². The SMILES string of the molecule is C1CCC([B-](C2CCCC2)C2CCCC2)C1. The van der Waals surface area contributed by atoms with Crippen molar-refractivity contribution in [3.63, 3.8) is 0 Å². The Hall–Kier alpha value is 0.0649. The molecule has 3 rings (SSSR count). The summed E-state index contributed by atoms with van der Waals surface area (Å²) in [5.41, 5.74) is 0. The molecule has 3 aliphatic carbocycles. The van der Waals surface area contributed by atoms with E-state index >= 15 is 0 Å². The van der Waals surface area contributed by atoms with Crippen LogP contribution in [-0.4, -0.2) is 6.71 Å². The molecule has 3 fully saturated rings. The van der Waals surface area contributed by atoms with Crippen molar-refractivity contribution in [3.8, 4) is 0 Å². The Bertz CT molecular complexity index is 169. The summed E-state index contributed by atoms with van der Waals surface area (Å²) in [4.78, 5) is 0. The van der Waals surface area contributed by atoms with E-state index < -0.39 is 0 Å². The monoisotopic (exact) mass is 218 g/mol. The first-order valence-electron chi connectivity index (χ1n) is 7.95. The van der Waals surface area contributed by atoms with Crippen LogP contribution in [0.1, 0.15) is 77.0 Å². The summed E-state index contributed by atoms with van der Waals surface area (Å²) in [7, 11) is 0. The van der Waals surface area contributed by atoms with Crippen LogP contribution in [-0.2, 0) is 0 Å². The lowest BCUT2D eigenvalue weighted by atomic mass is 9.27. The van der Waals surface area contributed by atoms with Gasteiger partial charge in [-0.1, -0.05) is 77.0 Å². The maximum absolute atomic E-state index is 1.58. The lowest BCUT2D eigenvalue weighted by Gasteiger charge is -2.45. The van der Waals surface area contributed by atoms with Crippen LogP contribution in [0, 0.1) is 0 Å². The van der Waals surface area contributed by atoms with Crippen LogP contribution in [0.25, 0.3) is 0 Å². The molecule has 16 heavy (non-hydrogen) atoms. The van der Waals surface area contributed by atoms with Gasteiger partial charge in [-0.15, -0.1) is 6.71 Å². The minimum atomic E-state index is 1.14. The summed E-state index contributed by atoms with van der Waals surface area (Å²) >= 11 is 0. The van der Waals surface area contributed by atoms with Gasteiger partial charge in [0, 0.05) is 0 Å². The van der Waals surface area contributed by atoms with Gasteiger partial charge in [0.2, 0.25) is 0 Å².